The lowest BCUT2D eigenvalue weighted by molar-refractivity contribution is -0.134. The summed E-state index contributed by atoms with van der Waals surface area (Å²) in [6, 6.07) is 15.2. The smallest absolute Gasteiger partial charge is 0.228 e. The Morgan fingerprint density at radius 2 is 1.65 bits per heavy atom. The first-order valence-electron chi connectivity index (χ1n) is 9.03. The zero-order valence-electron chi connectivity index (χ0n) is 14.5. The molecule has 26 heavy (non-hydrogen) atoms. The second-order valence-electron chi connectivity index (χ2n) is 6.80. The maximum absolute atomic E-state index is 12.7. The predicted molar refractivity (Wildman–Crippen MR) is 99.7 cm³/mol. The molecule has 0 radical (unpaired) electrons. The van der Waals surface area contributed by atoms with Gasteiger partial charge in [-0.05, 0) is 30.7 Å². The maximum Gasteiger partial charge on any atom is 0.228 e. The van der Waals surface area contributed by atoms with Crippen LogP contribution in [0.4, 0.5) is 11.5 Å². The van der Waals surface area contributed by atoms with Gasteiger partial charge < -0.3 is 15.1 Å². The summed E-state index contributed by atoms with van der Waals surface area (Å²) in [4.78, 5) is 33.4. The first kappa shape index (κ1) is 16.6. The number of aromatic nitrogens is 1. The molecule has 2 heterocycles. The number of pyridine rings is 1. The highest BCUT2D eigenvalue weighted by Crippen LogP contribution is 2.41. The van der Waals surface area contributed by atoms with Crippen LogP contribution in [-0.2, 0) is 9.59 Å². The highest BCUT2D eigenvalue weighted by Gasteiger charge is 2.49. The Labute approximate surface area is 152 Å². The Morgan fingerprint density at radius 3 is 2.35 bits per heavy atom. The van der Waals surface area contributed by atoms with Gasteiger partial charge >= 0.3 is 0 Å². The summed E-state index contributed by atoms with van der Waals surface area (Å²) in [6.07, 6.45) is 2.44. The molecule has 1 aromatic heterocycles. The highest BCUT2D eigenvalue weighted by molar-refractivity contribution is 5.99. The third kappa shape index (κ3) is 3.54. The van der Waals surface area contributed by atoms with Crippen LogP contribution in [0.3, 0.4) is 0 Å². The second kappa shape index (κ2) is 7.15. The van der Waals surface area contributed by atoms with E-state index >= 15 is 0 Å². The fraction of sp³-hybridized carbons (Fsp3) is 0.350. The van der Waals surface area contributed by atoms with Crippen molar-refractivity contribution in [2.24, 2.45) is 11.8 Å². The summed E-state index contributed by atoms with van der Waals surface area (Å²) in [7, 11) is 0. The van der Waals surface area contributed by atoms with Gasteiger partial charge in [0, 0.05) is 38.1 Å². The molecular weight excluding hydrogens is 328 g/mol. The van der Waals surface area contributed by atoms with E-state index in [4.69, 9.17) is 0 Å². The van der Waals surface area contributed by atoms with E-state index in [0.717, 1.165) is 24.6 Å². The second-order valence-corrected chi connectivity index (χ2v) is 6.80. The van der Waals surface area contributed by atoms with Crippen molar-refractivity contribution in [3.8, 4) is 0 Å². The SMILES string of the molecule is O=C(Nc1ccccc1)C1CC1C(=O)N1CCN(c2ccccn2)CC1. The maximum atomic E-state index is 12.7. The van der Waals surface area contributed by atoms with E-state index in [9.17, 15) is 9.59 Å². The molecule has 2 amide bonds. The molecule has 2 fully saturated rings. The van der Waals surface area contributed by atoms with Crippen molar-refractivity contribution in [1.82, 2.24) is 9.88 Å². The average Bonchev–Trinajstić information content (AvgIpc) is 3.50. The summed E-state index contributed by atoms with van der Waals surface area (Å²) < 4.78 is 0. The summed E-state index contributed by atoms with van der Waals surface area (Å²) in [5, 5.41) is 2.89. The number of nitrogens with one attached hydrogen (secondary N) is 1. The third-order valence-corrected chi connectivity index (χ3v) is 5.05. The zero-order chi connectivity index (χ0) is 17.9. The van der Waals surface area contributed by atoms with E-state index in [1.54, 1.807) is 6.20 Å². The molecule has 4 rings (SSSR count). The number of hydrogen-bond acceptors (Lipinski definition) is 4. The van der Waals surface area contributed by atoms with Crippen molar-refractivity contribution in [2.45, 2.75) is 6.42 Å². The van der Waals surface area contributed by atoms with Crippen LogP contribution in [0, 0.1) is 11.8 Å². The molecule has 0 spiro atoms. The first-order chi connectivity index (χ1) is 12.7. The quantitative estimate of drug-likeness (QED) is 0.916. The van der Waals surface area contributed by atoms with Crippen LogP contribution in [0.1, 0.15) is 6.42 Å². The Morgan fingerprint density at radius 1 is 0.923 bits per heavy atom. The van der Waals surface area contributed by atoms with E-state index in [0.29, 0.717) is 19.5 Å². The molecule has 2 atom stereocenters. The Kier molecular flexibility index (Phi) is 4.56. The molecule has 6 heteroatoms. The topological polar surface area (TPSA) is 65.5 Å². The van der Waals surface area contributed by atoms with Gasteiger partial charge in [-0.15, -0.1) is 0 Å². The van der Waals surface area contributed by atoms with Gasteiger partial charge in [0.1, 0.15) is 5.82 Å². The van der Waals surface area contributed by atoms with Crippen LogP contribution >= 0.6 is 0 Å². The molecule has 6 nitrogen and oxygen atoms in total. The molecule has 1 N–H and O–H groups in total. The monoisotopic (exact) mass is 350 g/mol. The largest absolute Gasteiger partial charge is 0.353 e. The van der Waals surface area contributed by atoms with Crippen LogP contribution in [-0.4, -0.2) is 47.9 Å². The van der Waals surface area contributed by atoms with Crippen LogP contribution < -0.4 is 10.2 Å². The van der Waals surface area contributed by atoms with E-state index < -0.39 is 0 Å². The van der Waals surface area contributed by atoms with Crippen LogP contribution in [0.2, 0.25) is 0 Å². The molecule has 2 aliphatic rings. The standard InChI is InChI=1S/C20H22N4O2/c25-19(22-15-6-2-1-3-7-15)16-14-17(16)20(26)24-12-10-23(11-13-24)18-8-4-5-9-21-18/h1-9,16-17H,10-14H2,(H,22,25). The van der Waals surface area contributed by atoms with Crippen LogP contribution in [0.25, 0.3) is 0 Å². The molecule has 1 saturated heterocycles. The van der Waals surface area contributed by atoms with Crippen molar-refractivity contribution < 1.29 is 9.59 Å². The van der Waals surface area contributed by atoms with E-state index in [-0.39, 0.29) is 23.7 Å². The Balaban J connectivity index is 1.28. The number of anilines is 2. The number of para-hydroxylation sites is 1. The van der Waals surface area contributed by atoms with Gasteiger partial charge in [0.05, 0.1) is 11.8 Å². The van der Waals surface area contributed by atoms with Crippen LogP contribution in [0.5, 0.6) is 0 Å². The fourth-order valence-electron chi connectivity index (χ4n) is 3.45. The van der Waals surface area contributed by atoms with Gasteiger partial charge in [-0.1, -0.05) is 24.3 Å². The lowest BCUT2D eigenvalue weighted by Crippen LogP contribution is -2.49. The minimum Gasteiger partial charge on any atom is -0.353 e. The van der Waals surface area contributed by atoms with Crippen LogP contribution in [0.15, 0.2) is 54.7 Å². The molecule has 1 aliphatic heterocycles. The van der Waals surface area contributed by atoms with E-state index in [1.165, 1.54) is 0 Å². The molecule has 2 aromatic rings. The molecular formula is C20H22N4O2. The number of rotatable bonds is 4. The molecule has 1 aliphatic carbocycles. The molecule has 1 saturated carbocycles. The van der Waals surface area contributed by atoms with Gasteiger partial charge in [0.2, 0.25) is 11.8 Å². The minimum absolute atomic E-state index is 0.0540. The van der Waals surface area contributed by atoms with Gasteiger partial charge in [0.15, 0.2) is 0 Å². The summed E-state index contributed by atoms with van der Waals surface area (Å²) in [5.74, 6) is 0.642. The van der Waals surface area contributed by atoms with Gasteiger partial charge in [-0.2, -0.15) is 0 Å². The number of piperazine rings is 1. The fourth-order valence-corrected chi connectivity index (χ4v) is 3.45. The Hall–Kier alpha value is -2.89. The van der Waals surface area contributed by atoms with Crippen molar-refractivity contribution in [1.29, 1.82) is 0 Å². The number of carbonyl (C=O) groups is 2. The van der Waals surface area contributed by atoms with E-state index in [1.807, 2.05) is 53.4 Å². The first-order valence-corrected chi connectivity index (χ1v) is 9.03. The van der Waals surface area contributed by atoms with Crippen molar-refractivity contribution in [3.05, 3.63) is 54.7 Å². The molecule has 134 valence electrons. The number of carbonyl (C=O) groups excluding carboxylic acids is 2. The molecule has 2 unspecified atom stereocenters. The lowest BCUT2D eigenvalue weighted by atomic mass is 10.2. The molecule has 1 aromatic carbocycles. The Bertz CT molecular complexity index is 773. The van der Waals surface area contributed by atoms with Crippen molar-refractivity contribution in [2.75, 3.05) is 36.4 Å². The van der Waals surface area contributed by atoms with Crippen molar-refractivity contribution >= 4 is 23.3 Å². The number of hydrogen-bond donors (Lipinski definition) is 1. The summed E-state index contributed by atoms with van der Waals surface area (Å²) >= 11 is 0. The number of benzene rings is 1. The number of nitrogens with zero attached hydrogens (tertiary/aromatic N) is 3. The normalized spacial score (nSPS) is 22.0. The highest BCUT2D eigenvalue weighted by atomic mass is 16.2. The van der Waals surface area contributed by atoms with Gasteiger partial charge in [-0.3, -0.25) is 9.59 Å². The summed E-state index contributed by atoms with van der Waals surface area (Å²) in [5.41, 5.74) is 0.777. The minimum atomic E-state index is -0.198. The summed E-state index contributed by atoms with van der Waals surface area (Å²) in [6.45, 7) is 2.91. The van der Waals surface area contributed by atoms with Gasteiger partial charge in [0.25, 0.3) is 0 Å². The number of amides is 2. The lowest BCUT2D eigenvalue weighted by Gasteiger charge is -2.35. The zero-order valence-corrected chi connectivity index (χ0v) is 14.5. The van der Waals surface area contributed by atoms with Crippen molar-refractivity contribution in [3.63, 3.8) is 0 Å². The predicted octanol–water partition coefficient (Wildman–Crippen LogP) is 2.00. The third-order valence-electron chi connectivity index (χ3n) is 5.05. The molecule has 0 bridgehead atoms. The average molecular weight is 350 g/mol. The van der Waals surface area contributed by atoms with E-state index in [2.05, 4.69) is 15.2 Å². The van der Waals surface area contributed by atoms with Gasteiger partial charge in [-0.25, -0.2) is 4.98 Å².